The maximum Gasteiger partial charge on any atom is 0.251 e. The standard InChI is InChI=1S/C25H25FN2O/c26-20-10-6-17(7-11-20)24-16-19-4-2-1-3-5-23(19)28(24)22-14-8-18(9-15-22)25(29)27-21-12-13-21/h6-11,14-16,21H,1-5,12-13H2,(H,27,29). The summed E-state index contributed by atoms with van der Waals surface area (Å²) < 4.78 is 15.8. The Hall–Kier alpha value is -2.88. The fourth-order valence-corrected chi connectivity index (χ4v) is 4.26. The lowest BCUT2D eigenvalue weighted by Gasteiger charge is -2.15. The first-order valence-electron chi connectivity index (χ1n) is 10.6. The van der Waals surface area contributed by atoms with Crippen LogP contribution in [0.15, 0.2) is 54.6 Å². The Kier molecular flexibility index (Phi) is 4.70. The van der Waals surface area contributed by atoms with E-state index in [0.29, 0.717) is 11.6 Å². The van der Waals surface area contributed by atoms with E-state index in [1.54, 1.807) is 0 Å². The summed E-state index contributed by atoms with van der Waals surface area (Å²) in [6, 6.07) is 17.2. The lowest BCUT2D eigenvalue weighted by atomic mass is 10.1. The van der Waals surface area contributed by atoms with Crippen LogP contribution in [0, 0.1) is 5.82 Å². The lowest BCUT2D eigenvalue weighted by Crippen LogP contribution is -2.25. The van der Waals surface area contributed by atoms with Gasteiger partial charge in [-0.3, -0.25) is 4.79 Å². The number of amides is 1. The molecule has 0 spiro atoms. The molecule has 1 amide bonds. The van der Waals surface area contributed by atoms with Crippen molar-refractivity contribution >= 4 is 5.91 Å². The molecule has 2 aromatic carbocycles. The molecular weight excluding hydrogens is 363 g/mol. The van der Waals surface area contributed by atoms with Gasteiger partial charge in [0.25, 0.3) is 5.91 Å². The highest BCUT2D eigenvalue weighted by Gasteiger charge is 2.24. The third kappa shape index (κ3) is 3.71. The van der Waals surface area contributed by atoms with Crippen LogP contribution in [-0.2, 0) is 12.8 Å². The number of hydrogen-bond donors (Lipinski definition) is 1. The predicted molar refractivity (Wildman–Crippen MR) is 113 cm³/mol. The predicted octanol–water partition coefficient (Wildman–Crippen LogP) is 5.44. The number of nitrogens with zero attached hydrogens (tertiary/aromatic N) is 1. The van der Waals surface area contributed by atoms with Gasteiger partial charge in [0.1, 0.15) is 5.82 Å². The Balaban J connectivity index is 1.56. The number of aromatic nitrogens is 1. The molecule has 1 heterocycles. The molecule has 29 heavy (non-hydrogen) atoms. The fraction of sp³-hybridized carbons (Fsp3) is 0.320. The zero-order chi connectivity index (χ0) is 19.8. The summed E-state index contributed by atoms with van der Waals surface area (Å²) in [5.74, 6) is -0.219. The normalized spacial score (nSPS) is 16.2. The van der Waals surface area contributed by atoms with E-state index in [1.165, 1.54) is 42.7 Å². The Morgan fingerprint density at radius 3 is 2.38 bits per heavy atom. The quantitative estimate of drug-likeness (QED) is 0.593. The molecule has 148 valence electrons. The minimum absolute atomic E-state index is 0.00384. The van der Waals surface area contributed by atoms with E-state index in [0.717, 1.165) is 42.6 Å². The number of hydrogen-bond acceptors (Lipinski definition) is 1. The van der Waals surface area contributed by atoms with Crippen LogP contribution in [0.4, 0.5) is 4.39 Å². The summed E-state index contributed by atoms with van der Waals surface area (Å²) in [7, 11) is 0. The largest absolute Gasteiger partial charge is 0.349 e. The van der Waals surface area contributed by atoms with Gasteiger partial charge in [0.05, 0.1) is 5.69 Å². The number of carbonyl (C=O) groups is 1. The Bertz CT molecular complexity index is 1030. The van der Waals surface area contributed by atoms with E-state index in [9.17, 15) is 9.18 Å². The van der Waals surface area contributed by atoms with Gasteiger partial charge in [-0.2, -0.15) is 0 Å². The van der Waals surface area contributed by atoms with Crippen molar-refractivity contribution in [1.82, 2.24) is 9.88 Å². The third-order valence-corrected chi connectivity index (χ3v) is 5.99. The van der Waals surface area contributed by atoms with Gasteiger partial charge in [0.2, 0.25) is 0 Å². The molecule has 1 aromatic heterocycles. The van der Waals surface area contributed by atoms with E-state index >= 15 is 0 Å². The van der Waals surface area contributed by atoms with Crippen LogP contribution < -0.4 is 5.32 Å². The molecule has 5 rings (SSSR count). The summed E-state index contributed by atoms with van der Waals surface area (Å²) in [5.41, 5.74) is 6.58. The van der Waals surface area contributed by atoms with Gasteiger partial charge in [0.15, 0.2) is 0 Å². The molecule has 2 aliphatic carbocycles. The first-order valence-corrected chi connectivity index (χ1v) is 10.6. The summed E-state index contributed by atoms with van der Waals surface area (Å²) in [6.45, 7) is 0. The smallest absolute Gasteiger partial charge is 0.251 e. The van der Waals surface area contributed by atoms with E-state index in [1.807, 2.05) is 36.4 Å². The van der Waals surface area contributed by atoms with Crippen LogP contribution in [0.5, 0.6) is 0 Å². The maximum absolute atomic E-state index is 13.5. The maximum atomic E-state index is 13.5. The van der Waals surface area contributed by atoms with Crippen molar-refractivity contribution in [2.24, 2.45) is 0 Å². The van der Waals surface area contributed by atoms with Crippen molar-refractivity contribution in [2.45, 2.75) is 51.0 Å². The van der Waals surface area contributed by atoms with Gasteiger partial charge in [-0.1, -0.05) is 6.42 Å². The van der Waals surface area contributed by atoms with E-state index < -0.39 is 0 Å². The Morgan fingerprint density at radius 2 is 1.66 bits per heavy atom. The molecule has 0 atom stereocenters. The molecule has 0 aliphatic heterocycles. The van der Waals surface area contributed by atoms with Gasteiger partial charge in [-0.25, -0.2) is 4.39 Å². The third-order valence-electron chi connectivity index (χ3n) is 5.99. The molecule has 2 aliphatic rings. The van der Waals surface area contributed by atoms with Crippen molar-refractivity contribution in [3.8, 4) is 16.9 Å². The lowest BCUT2D eigenvalue weighted by molar-refractivity contribution is 0.0951. The van der Waals surface area contributed by atoms with Gasteiger partial charge in [-0.05, 0) is 104 Å². The molecule has 0 bridgehead atoms. The van der Waals surface area contributed by atoms with Gasteiger partial charge >= 0.3 is 0 Å². The van der Waals surface area contributed by atoms with Crippen molar-refractivity contribution in [3.05, 3.63) is 77.2 Å². The van der Waals surface area contributed by atoms with Gasteiger partial charge in [0, 0.05) is 23.0 Å². The first-order chi connectivity index (χ1) is 14.2. The molecule has 3 aromatic rings. The van der Waals surface area contributed by atoms with Gasteiger partial charge in [-0.15, -0.1) is 0 Å². The summed E-state index contributed by atoms with van der Waals surface area (Å²) in [6.07, 6.45) is 7.93. The van der Waals surface area contributed by atoms with Crippen LogP contribution in [-0.4, -0.2) is 16.5 Å². The van der Waals surface area contributed by atoms with Crippen LogP contribution in [0.25, 0.3) is 16.9 Å². The Labute approximate surface area is 170 Å². The molecule has 3 nitrogen and oxygen atoms in total. The van der Waals surface area contributed by atoms with E-state index in [-0.39, 0.29) is 11.7 Å². The number of fused-ring (bicyclic) bond motifs is 1. The molecular formula is C25H25FN2O. The van der Waals surface area contributed by atoms with Crippen molar-refractivity contribution < 1.29 is 9.18 Å². The highest BCUT2D eigenvalue weighted by molar-refractivity contribution is 5.94. The number of benzene rings is 2. The first kappa shape index (κ1) is 18.2. The van der Waals surface area contributed by atoms with Crippen molar-refractivity contribution in [2.75, 3.05) is 0 Å². The number of nitrogens with one attached hydrogen (secondary N) is 1. The molecule has 0 unspecified atom stereocenters. The second kappa shape index (κ2) is 7.51. The van der Waals surface area contributed by atoms with E-state index in [2.05, 4.69) is 16.0 Å². The summed E-state index contributed by atoms with van der Waals surface area (Å²) >= 11 is 0. The molecule has 1 saturated carbocycles. The second-order valence-electron chi connectivity index (χ2n) is 8.20. The molecule has 1 N–H and O–H groups in total. The topological polar surface area (TPSA) is 34.0 Å². The average Bonchev–Trinajstić information content (AvgIpc) is 3.52. The highest BCUT2D eigenvalue weighted by atomic mass is 19.1. The molecule has 0 radical (unpaired) electrons. The summed E-state index contributed by atoms with van der Waals surface area (Å²) in [5, 5.41) is 3.04. The SMILES string of the molecule is O=C(NC1CC1)c1ccc(-n2c(-c3ccc(F)cc3)cc3c2CCCCC3)cc1. The van der Waals surface area contributed by atoms with E-state index in [4.69, 9.17) is 0 Å². The fourth-order valence-electron chi connectivity index (χ4n) is 4.26. The number of aryl methyl sites for hydroxylation is 1. The minimum atomic E-state index is -0.223. The van der Waals surface area contributed by atoms with Crippen LogP contribution in [0.3, 0.4) is 0 Å². The number of rotatable bonds is 4. The number of halogens is 1. The zero-order valence-electron chi connectivity index (χ0n) is 16.5. The zero-order valence-corrected chi connectivity index (χ0v) is 16.5. The number of carbonyl (C=O) groups excluding carboxylic acids is 1. The molecule has 4 heteroatoms. The molecule has 0 saturated heterocycles. The monoisotopic (exact) mass is 388 g/mol. The van der Waals surface area contributed by atoms with Crippen LogP contribution in [0.2, 0.25) is 0 Å². The van der Waals surface area contributed by atoms with Crippen molar-refractivity contribution in [3.63, 3.8) is 0 Å². The van der Waals surface area contributed by atoms with Crippen molar-refractivity contribution in [1.29, 1.82) is 0 Å². The highest BCUT2D eigenvalue weighted by Crippen LogP contribution is 2.33. The average molecular weight is 388 g/mol. The summed E-state index contributed by atoms with van der Waals surface area (Å²) in [4.78, 5) is 12.3. The van der Waals surface area contributed by atoms with Crippen LogP contribution >= 0.6 is 0 Å². The minimum Gasteiger partial charge on any atom is -0.349 e. The molecule has 1 fully saturated rings. The Morgan fingerprint density at radius 1 is 0.931 bits per heavy atom. The van der Waals surface area contributed by atoms with Gasteiger partial charge < -0.3 is 9.88 Å². The van der Waals surface area contributed by atoms with Crippen LogP contribution in [0.1, 0.15) is 53.7 Å². The second-order valence-corrected chi connectivity index (χ2v) is 8.20.